The summed E-state index contributed by atoms with van der Waals surface area (Å²) in [7, 11) is 0. The van der Waals surface area contributed by atoms with Gasteiger partial charge in [-0.15, -0.1) is 0 Å². The molecule has 2 heterocycles. The summed E-state index contributed by atoms with van der Waals surface area (Å²) in [5, 5.41) is 19.1. The van der Waals surface area contributed by atoms with Crippen molar-refractivity contribution in [1.29, 1.82) is 0 Å². The van der Waals surface area contributed by atoms with Crippen molar-refractivity contribution in [1.82, 2.24) is 25.4 Å². The molecule has 3 aromatic rings. The minimum absolute atomic E-state index is 0.646. The number of hydrogen-bond acceptors (Lipinski definition) is 6. The molecule has 0 aliphatic carbocycles. The van der Waals surface area contributed by atoms with Crippen LogP contribution in [-0.4, -0.2) is 31.9 Å². The lowest BCUT2D eigenvalue weighted by Crippen LogP contribution is -2.09. The van der Waals surface area contributed by atoms with E-state index in [4.69, 9.17) is 4.52 Å². The van der Waals surface area contributed by atoms with Crippen molar-refractivity contribution in [2.75, 3.05) is 11.9 Å². The molecule has 0 saturated heterocycles. The van der Waals surface area contributed by atoms with Gasteiger partial charge in [-0.05, 0) is 56.2 Å². The molecule has 1 N–H and O–H groups in total. The Balaban J connectivity index is 1.59. The van der Waals surface area contributed by atoms with Crippen LogP contribution in [0, 0.1) is 20.8 Å². The minimum Gasteiger partial charge on any atom is -0.361 e. The minimum atomic E-state index is 0.646. The van der Waals surface area contributed by atoms with Crippen molar-refractivity contribution in [2.24, 2.45) is 0 Å². The maximum atomic E-state index is 5.18. The second kappa shape index (κ2) is 6.60. The van der Waals surface area contributed by atoms with Gasteiger partial charge in [-0.3, -0.25) is 0 Å². The molecule has 0 radical (unpaired) electrons. The third-order valence-electron chi connectivity index (χ3n) is 3.82. The zero-order valence-electron chi connectivity index (χ0n) is 13.6. The molecule has 3 rings (SSSR count). The fourth-order valence-electron chi connectivity index (χ4n) is 2.48. The van der Waals surface area contributed by atoms with Crippen LogP contribution in [0.4, 0.5) is 5.95 Å². The second-order valence-electron chi connectivity index (χ2n) is 5.58. The van der Waals surface area contributed by atoms with Crippen LogP contribution >= 0.6 is 0 Å². The first-order chi connectivity index (χ1) is 11.1. The lowest BCUT2D eigenvalue weighted by atomic mass is 10.1. The Morgan fingerprint density at radius 3 is 2.61 bits per heavy atom. The van der Waals surface area contributed by atoms with E-state index in [1.807, 2.05) is 38.1 Å². The first kappa shape index (κ1) is 15.2. The summed E-state index contributed by atoms with van der Waals surface area (Å²) in [5.74, 6) is 1.54. The molecule has 0 fully saturated rings. The summed E-state index contributed by atoms with van der Waals surface area (Å²) in [4.78, 5) is 0. The summed E-state index contributed by atoms with van der Waals surface area (Å²) in [6, 6.07) is 8.08. The molecular weight excluding hydrogens is 292 g/mol. The Morgan fingerprint density at radius 1 is 1.13 bits per heavy atom. The maximum absolute atomic E-state index is 5.18. The monoisotopic (exact) mass is 312 g/mol. The number of tetrazole rings is 1. The molecule has 0 aliphatic heterocycles. The number of hydrogen-bond donors (Lipinski definition) is 1. The van der Waals surface area contributed by atoms with E-state index in [1.165, 1.54) is 11.1 Å². The Hall–Kier alpha value is -2.70. The van der Waals surface area contributed by atoms with Crippen LogP contribution in [0.25, 0.3) is 5.69 Å². The van der Waals surface area contributed by atoms with Crippen molar-refractivity contribution in [3.8, 4) is 5.69 Å². The highest BCUT2D eigenvalue weighted by molar-refractivity contribution is 5.39. The van der Waals surface area contributed by atoms with Gasteiger partial charge >= 0.3 is 0 Å². The zero-order valence-corrected chi connectivity index (χ0v) is 13.6. The fourth-order valence-corrected chi connectivity index (χ4v) is 2.48. The number of nitrogens with one attached hydrogen (secondary N) is 1. The van der Waals surface area contributed by atoms with Crippen LogP contribution in [-0.2, 0) is 6.42 Å². The largest absolute Gasteiger partial charge is 0.361 e. The normalized spacial score (nSPS) is 10.9. The van der Waals surface area contributed by atoms with E-state index in [1.54, 1.807) is 4.68 Å². The first-order valence-electron chi connectivity index (χ1n) is 7.66. The molecule has 1 aromatic carbocycles. The Morgan fingerprint density at radius 2 is 1.91 bits per heavy atom. The fraction of sp³-hybridized carbons (Fsp3) is 0.375. The molecule has 0 aliphatic rings. The summed E-state index contributed by atoms with van der Waals surface area (Å²) in [5.41, 5.74) is 4.29. The predicted molar refractivity (Wildman–Crippen MR) is 86.7 cm³/mol. The second-order valence-corrected chi connectivity index (χ2v) is 5.58. The molecule has 0 saturated carbocycles. The van der Waals surface area contributed by atoms with E-state index in [0.29, 0.717) is 5.95 Å². The number of aromatic nitrogens is 5. The van der Waals surface area contributed by atoms with E-state index in [2.05, 4.69) is 32.9 Å². The summed E-state index contributed by atoms with van der Waals surface area (Å²) < 4.78 is 6.88. The van der Waals surface area contributed by atoms with E-state index >= 15 is 0 Å². The topological polar surface area (TPSA) is 81.7 Å². The van der Waals surface area contributed by atoms with Gasteiger partial charge in [0.25, 0.3) is 0 Å². The first-order valence-corrected chi connectivity index (χ1v) is 7.66. The van der Waals surface area contributed by atoms with Gasteiger partial charge in [0.1, 0.15) is 5.76 Å². The van der Waals surface area contributed by atoms with E-state index in [9.17, 15) is 0 Å². The number of nitrogens with zero attached hydrogens (tertiary/aromatic N) is 5. The van der Waals surface area contributed by atoms with Crippen LogP contribution < -0.4 is 5.32 Å². The van der Waals surface area contributed by atoms with Crippen LogP contribution in [0.15, 0.2) is 28.8 Å². The lowest BCUT2D eigenvalue weighted by molar-refractivity contribution is 0.392. The molecule has 0 atom stereocenters. The van der Waals surface area contributed by atoms with Crippen molar-refractivity contribution >= 4 is 5.95 Å². The van der Waals surface area contributed by atoms with Crippen molar-refractivity contribution in [3.63, 3.8) is 0 Å². The molecule has 0 spiro atoms. The average Bonchev–Trinajstić information content (AvgIpc) is 3.13. The van der Waals surface area contributed by atoms with Gasteiger partial charge in [-0.1, -0.05) is 28.0 Å². The highest BCUT2D eigenvalue weighted by Gasteiger charge is 2.10. The van der Waals surface area contributed by atoms with E-state index < -0.39 is 0 Å². The highest BCUT2D eigenvalue weighted by atomic mass is 16.5. The third kappa shape index (κ3) is 3.39. The summed E-state index contributed by atoms with van der Waals surface area (Å²) in [6.07, 6.45) is 1.86. The highest BCUT2D eigenvalue weighted by Crippen LogP contribution is 2.15. The van der Waals surface area contributed by atoms with Gasteiger partial charge < -0.3 is 9.84 Å². The molecule has 7 nitrogen and oxygen atoms in total. The van der Waals surface area contributed by atoms with Crippen molar-refractivity contribution in [2.45, 2.75) is 33.6 Å². The standard InChI is InChI=1S/C16H20N6O/c1-11-6-8-14(9-7-11)22-16(18-20-21-22)17-10-4-5-15-12(2)19-23-13(15)3/h6-9H,4-5,10H2,1-3H3,(H,17,18,21). The van der Waals surface area contributed by atoms with Crippen molar-refractivity contribution < 1.29 is 4.52 Å². The van der Waals surface area contributed by atoms with Gasteiger partial charge in [0, 0.05) is 12.1 Å². The van der Waals surface area contributed by atoms with Gasteiger partial charge in [0.15, 0.2) is 0 Å². The SMILES string of the molecule is Cc1ccc(-n2nnnc2NCCCc2c(C)noc2C)cc1. The molecule has 7 heteroatoms. The van der Waals surface area contributed by atoms with E-state index in [0.717, 1.165) is 36.5 Å². The molecule has 0 unspecified atom stereocenters. The third-order valence-corrected chi connectivity index (χ3v) is 3.82. The molecule has 0 bridgehead atoms. The number of aryl methyl sites for hydroxylation is 3. The summed E-state index contributed by atoms with van der Waals surface area (Å²) >= 11 is 0. The molecular formula is C16H20N6O. The van der Waals surface area contributed by atoms with Crippen molar-refractivity contribution in [3.05, 3.63) is 46.8 Å². The Bertz CT molecular complexity index is 755. The Kier molecular flexibility index (Phi) is 4.36. The number of anilines is 1. The van der Waals surface area contributed by atoms with Gasteiger partial charge in [-0.25, -0.2) is 0 Å². The molecule has 0 amide bonds. The smallest absolute Gasteiger partial charge is 0.247 e. The van der Waals surface area contributed by atoms with Crippen LogP contribution in [0.2, 0.25) is 0 Å². The van der Waals surface area contributed by atoms with Crippen LogP contribution in [0.3, 0.4) is 0 Å². The molecule has 23 heavy (non-hydrogen) atoms. The number of benzene rings is 1. The lowest BCUT2D eigenvalue weighted by Gasteiger charge is -2.07. The van der Waals surface area contributed by atoms with Crippen LogP contribution in [0.1, 0.15) is 29.0 Å². The maximum Gasteiger partial charge on any atom is 0.247 e. The van der Waals surface area contributed by atoms with Gasteiger partial charge in [0.05, 0.1) is 11.4 Å². The van der Waals surface area contributed by atoms with Gasteiger partial charge in [0.2, 0.25) is 5.95 Å². The quantitative estimate of drug-likeness (QED) is 0.705. The average molecular weight is 312 g/mol. The number of rotatable bonds is 6. The zero-order chi connectivity index (χ0) is 16.2. The van der Waals surface area contributed by atoms with Crippen LogP contribution in [0.5, 0.6) is 0 Å². The Labute approximate surface area is 134 Å². The van der Waals surface area contributed by atoms with Gasteiger partial charge in [-0.2, -0.15) is 4.68 Å². The molecule has 120 valence electrons. The van der Waals surface area contributed by atoms with E-state index in [-0.39, 0.29) is 0 Å². The predicted octanol–water partition coefficient (Wildman–Crippen LogP) is 2.62. The molecule has 2 aromatic heterocycles. The summed E-state index contributed by atoms with van der Waals surface area (Å²) in [6.45, 7) is 6.74.